The van der Waals surface area contributed by atoms with Crippen molar-refractivity contribution in [2.75, 3.05) is 13.1 Å². The largest absolute Gasteiger partial charge is 0.246 e. The first-order chi connectivity index (χ1) is 7.51. The Labute approximate surface area is 102 Å². The molecule has 88 valence electrons. The molecule has 0 aromatic heterocycles. The van der Waals surface area contributed by atoms with Crippen LogP contribution in [0.3, 0.4) is 0 Å². The molecule has 6 heteroatoms. The normalized spacial score (nSPS) is 17.9. The lowest BCUT2D eigenvalue weighted by Crippen LogP contribution is -2.28. The molecule has 1 aromatic carbocycles. The van der Waals surface area contributed by atoms with Crippen LogP contribution in [0.2, 0.25) is 0 Å². The third kappa shape index (κ3) is 2.14. The summed E-state index contributed by atoms with van der Waals surface area (Å²) in [4.78, 5) is -0.247. The van der Waals surface area contributed by atoms with Crippen LogP contribution in [0.15, 0.2) is 27.6 Å². The van der Waals surface area contributed by atoms with Gasteiger partial charge in [0.2, 0.25) is 10.0 Å². The van der Waals surface area contributed by atoms with Crippen LogP contribution in [0, 0.1) is 5.82 Å². The average Bonchev–Trinajstić information content (AvgIpc) is 2.75. The zero-order chi connectivity index (χ0) is 11.8. The van der Waals surface area contributed by atoms with Gasteiger partial charge in [0.1, 0.15) is 10.7 Å². The van der Waals surface area contributed by atoms with E-state index in [4.69, 9.17) is 0 Å². The Bertz CT molecular complexity index is 498. The van der Waals surface area contributed by atoms with E-state index in [1.54, 1.807) is 0 Å². The summed E-state index contributed by atoms with van der Waals surface area (Å²) >= 11 is 3.15. The Morgan fingerprint density at radius 3 is 2.50 bits per heavy atom. The second-order valence-corrected chi connectivity index (χ2v) is 6.51. The molecule has 3 nitrogen and oxygen atoms in total. The SMILES string of the molecule is O=S(=O)(c1cc(Br)ccc1F)N1CCCC1. The fourth-order valence-corrected chi connectivity index (χ4v) is 3.86. The van der Waals surface area contributed by atoms with Crippen molar-refractivity contribution in [3.05, 3.63) is 28.5 Å². The summed E-state index contributed by atoms with van der Waals surface area (Å²) in [5, 5.41) is 0. The van der Waals surface area contributed by atoms with Gasteiger partial charge in [-0.1, -0.05) is 15.9 Å². The van der Waals surface area contributed by atoms with Gasteiger partial charge >= 0.3 is 0 Å². The molecule has 1 fully saturated rings. The van der Waals surface area contributed by atoms with E-state index in [9.17, 15) is 12.8 Å². The van der Waals surface area contributed by atoms with E-state index in [0.29, 0.717) is 17.6 Å². The number of benzene rings is 1. The van der Waals surface area contributed by atoms with Crippen molar-refractivity contribution in [3.8, 4) is 0 Å². The molecule has 1 saturated heterocycles. The van der Waals surface area contributed by atoms with Crippen LogP contribution < -0.4 is 0 Å². The van der Waals surface area contributed by atoms with Crippen molar-refractivity contribution in [2.24, 2.45) is 0 Å². The lowest BCUT2D eigenvalue weighted by atomic mass is 10.3. The molecule has 0 aliphatic carbocycles. The van der Waals surface area contributed by atoms with Gasteiger partial charge in [0.15, 0.2) is 0 Å². The lowest BCUT2D eigenvalue weighted by molar-refractivity contribution is 0.469. The molecule has 1 aliphatic heterocycles. The third-order valence-electron chi connectivity index (χ3n) is 2.58. The minimum Gasteiger partial charge on any atom is -0.207 e. The molecule has 2 rings (SSSR count). The zero-order valence-corrected chi connectivity index (χ0v) is 10.9. The highest BCUT2D eigenvalue weighted by atomic mass is 79.9. The third-order valence-corrected chi connectivity index (χ3v) is 4.98. The van der Waals surface area contributed by atoms with Crippen molar-refractivity contribution in [1.29, 1.82) is 0 Å². The maximum Gasteiger partial charge on any atom is 0.246 e. The van der Waals surface area contributed by atoms with Crippen LogP contribution in [-0.2, 0) is 10.0 Å². The van der Waals surface area contributed by atoms with E-state index in [-0.39, 0.29) is 4.90 Å². The maximum atomic E-state index is 13.5. The first-order valence-corrected chi connectivity index (χ1v) is 7.20. The van der Waals surface area contributed by atoms with Crippen LogP contribution in [0.1, 0.15) is 12.8 Å². The Balaban J connectivity index is 2.46. The second kappa shape index (κ2) is 4.43. The summed E-state index contributed by atoms with van der Waals surface area (Å²) in [7, 11) is -3.66. The van der Waals surface area contributed by atoms with Gasteiger partial charge < -0.3 is 0 Å². The summed E-state index contributed by atoms with van der Waals surface area (Å²) in [5.74, 6) is -0.699. The molecular weight excluding hydrogens is 297 g/mol. The molecular formula is C10H11BrFNO2S. The van der Waals surface area contributed by atoms with Gasteiger partial charge in [-0.3, -0.25) is 0 Å². The highest BCUT2D eigenvalue weighted by Crippen LogP contribution is 2.25. The van der Waals surface area contributed by atoms with Gasteiger partial charge in [-0.2, -0.15) is 4.31 Å². The van der Waals surface area contributed by atoms with E-state index in [1.165, 1.54) is 16.4 Å². The molecule has 0 saturated carbocycles. The summed E-state index contributed by atoms with van der Waals surface area (Å²) in [6, 6.07) is 3.95. The molecule has 1 aliphatic rings. The topological polar surface area (TPSA) is 37.4 Å². The second-order valence-electron chi connectivity index (χ2n) is 3.69. The number of rotatable bonds is 2. The van der Waals surface area contributed by atoms with E-state index >= 15 is 0 Å². The Morgan fingerprint density at radius 1 is 1.25 bits per heavy atom. The minimum absolute atomic E-state index is 0.247. The molecule has 0 bridgehead atoms. The predicted octanol–water partition coefficient (Wildman–Crippen LogP) is 2.37. The molecule has 0 spiro atoms. The highest BCUT2D eigenvalue weighted by molar-refractivity contribution is 9.10. The number of sulfonamides is 1. The van der Waals surface area contributed by atoms with E-state index < -0.39 is 15.8 Å². The monoisotopic (exact) mass is 307 g/mol. The number of halogens is 2. The summed E-state index contributed by atoms with van der Waals surface area (Å²) in [6.45, 7) is 0.961. The van der Waals surface area contributed by atoms with Crippen molar-refractivity contribution in [3.63, 3.8) is 0 Å². The van der Waals surface area contributed by atoms with Crippen LogP contribution in [0.4, 0.5) is 4.39 Å². The van der Waals surface area contributed by atoms with E-state index in [0.717, 1.165) is 18.9 Å². The smallest absolute Gasteiger partial charge is 0.207 e. The first kappa shape index (κ1) is 12.0. The number of hydrogen-bond donors (Lipinski definition) is 0. The van der Waals surface area contributed by atoms with Crippen LogP contribution >= 0.6 is 15.9 Å². The minimum atomic E-state index is -3.66. The number of hydrogen-bond acceptors (Lipinski definition) is 2. The Morgan fingerprint density at radius 2 is 1.88 bits per heavy atom. The molecule has 1 heterocycles. The standard InChI is InChI=1S/C10H11BrFNO2S/c11-8-3-4-9(12)10(7-8)16(14,15)13-5-1-2-6-13/h3-4,7H,1-2,5-6H2. The van der Waals surface area contributed by atoms with Crippen molar-refractivity contribution >= 4 is 26.0 Å². The Kier molecular flexibility index (Phi) is 3.32. The van der Waals surface area contributed by atoms with Gasteiger partial charge in [-0.15, -0.1) is 0 Å². The van der Waals surface area contributed by atoms with Gasteiger partial charge in [-0.25, -0.2) is 12.8 Å². The first-order valence-electron chi connectivity index (χ1n) is 4.97. The molecule has 0 N–H and O–H groups in total. The Hall–Kier alpha value is -0.460. The van der Waals surface area contributed by atoms with Crippen molar-refractivity contribution in [2.45, 2.75) is 17.7 Å². The number of nitrogens with zero attached hydrogens (tertiary/aromatic N) is 1. The van der Waals surface area contributed by atoms with E-state index in [1.807, 2.05) is 0 Å². The predicted molar refractivity (Wildman–Crippen MR) is 62.1 cm³/mol. The van der Waals surface area contributed by atoms with Crippen molar-refractivity contribution in [1.82, 2.24) is 4.31 Å². The van der Waals surface area contributed by atoms with E-state index in [2.05, 4.69) is 15.9 Å². The molecule has 0 unspecified atom stereocenters. The molecule has 0 radical (unpaired) electrons. The van der Waals surface area contributed by atoms with Crippen LogP contribution in [-0.4, -0.2) is 25.8 Å². The lowest BCUT2D eigenvalue weighted by Gasteiger charge is -2.15. The highest BCUT2D eigenvalue weighted by Gasteiger charge is 2.29. The zero-order valence-electron chi connectivity index (χ0n) is 8.49. The maximum absolute atomic E-state index is 13.5. The van der Waals surface area contributed by atoms with Gasteiger partial charge in [-0.05, 0) is 31.0 Å². The molecule has 16 heavy (non-hydrogen) atoms. The molecule has 0 atom stereocenters. The van der Waals surface area contributed by atoms with Gasteiger partial charge in [0.25, 0.3) is 0 Å². The average molecular weight is 308 g/mol. The van der Waals surface area contributed by atoms with Crippen LogP contribution in [0.25, 0.3) is 0 Å². The fraction of sp³-hybridized carbons (Fsp3) is 0.400. The summed E-state index contributed by atoms with van der Waals surface area (Å²) in [5.41, 5.74) is 0. The van der Waals surface area contributed by atoms with Crippen molar-refractivity contribution < 1.29 is 12.8 Å². The summed E-state index contributed by atoms with van der Waals surface area (Å²) in [6.07, 6.45) is 1.68. The quantitative estimate of drug-likeness (QED) is 0.841. The summed E-state index contributed by atoms with van der Waals surface area (Å²) < 4.78 is 39.5. The van der Waals surface area contributed by atoms with Crippen LogP contribution in [0.5, 0.6) is 0 Å². The fourth-order valence-electron chi connectivity index (χ4n) is 1.74. The molecule has 1 aromatic rings. The van der Waals surface area contributed by atoms with Gasteiger partial charge in [0.05, 0.1) is 0 Å². The molecule has 0 amide bonds. The van der Waals surface area contributed by atoms with Gasteiger partial charge in [0, 0.05) is 17.6 Å².